The van der Waals surface area contributed by atoms with Crippen molar-refractivity contribution in [3.05, 3.63) is 0 Å². The zero-order valence-electron chi connectivity index (χ0n) is 12.5. The standard InChI is InChI=1S/C15H32N2O/c1-4-11-17(14-8-9-14)12-7-6-10-15(3,13-18)16-5-2/h14,16,18H,4-13H2,1-3H3. The number of likely N-dealkylation sites (N-methyl/N-ethyl adjacent to an activating group) is 1. The van der Waals surface area contributed by atoms with Gasteiger partial charge < -0.3 is 15.3 Å². The van der Waals surface area contributed by atoms with Crippen molar-refractivity contribution in [1.29, 1.82) is 0 Å². The minimum atomic E-state index is -0.0794. The summed E-state index contributed by atoms with van der Waals surface area (Å²) in [7, 11) is 0. The lowest BCUT2D eigenvalue weighted by molar-refractivity contribution is 0.162. The maximum absolute atomic E-state index is 9.43. The van der Waals surface area contributed by atoms with Crippen molar-refractivity contribution >= 4 is 0 Å². The van der Waals surface area contributed by atoms with Crippen molar-refractivity contribution < 1.29 is 5.11 Å². The minimum Gasteiger partial charge on any atom is -0.394 e. The summed E-state index contributed by atoms with van der Waals surface area (Å²) in [4.78, 5) is 2.66. The summed E-state index contributed by atoms with van der Waals surface area (Å²) in [6.07, 6.45) is 7.62. The molecule has 1 aliphatic rings. The molecule has 1 fully saturated rings. The molecule has 3 nitrogen and oxygen atoms in total. The molecule has 0 saturated heterocycles. The highest BCUT2D eigenvalue weighted by molar-refractivity contribution is 4.85. The van der Waals surface area contributed by atoms with E-state index in [9.17, 15) is 5.11 Å². The third-order valence-corrected chi connectivity index (χ3v) is 3.95. The van der Waals surface area contributed by atoms with Crippen molar-refractivity contribution in [3.63, 3.8) is 0 Å². The van der Waals surface area contributed by atoms with Crippen LogP contribution in [0.1, 0.15) is 59.3 Å². The molecule has 2 N–H and O–H groups in total. The van der Waals surface area contributed by atoms with E-state index in [4.69, 9.17) is 0 Å². The Labute approximate surface area is 113 Å². The smallest absolute Gasteiger partial charge is 0.0610 e. The van der Waals surface area contributed by atoms with E-state index in [0.717, 1.165) is 19.0 Å². The highest BCUT2D eigenvalue weighted by Gasteiger charge is 2.28. The van der Waals surface area contributed by atoms with Crippen LogP contribution in [-0.2, 0) is 0 Å². The second-order valence-corrected chi connectivity index (χ2v) is 5.97. The summed E-state index contributed by atoms with van der Waals surface area (Å²) in [6, 6.07) is 0.892. The fourth-order valence-corrected chi connectivity index (χ4v) is 2.68. The van der Waals surface area contributed by atoms with Gasteiger partial charge in [0, 0.05) is 11.6 Å². The van der Waals surface area contributed by atoms with Crippen LogP contribution in [0.5, 0.6) is 0 Å². The van der Waals surface area contributed by atoms with Gasteiger partial charge in [0.25, 0.3) is 0 Å². The molecule has 0 bridgehead atoms. The van der Waals surface area contributed by atoms with Crippen molar-refractivity contribution in [2.45, 2.75) is 70.9 Å². The van der Waals surface area contributed by atoms with E-state index in [0.29, 0.717) is 0 Å². The number of rotatable bonds is 11. The molecule has 1 rings (SSSR count). The number of hydrogen-bond acceptors (Lipinski definition) is 3. The van der Waals surface area contributed by atoms with Crippen molar-refractivity contribution in [2.75, 3.05) is 26.2 Å². The number of nitrogens with zero attached hydrogens (tertiary/aromatic N) is 1. The summed E-state index contributed by atoms with van der Waals surface area (Å²) >= 11 is 0. The fourth-order valence-electron chi connectivity index (χ4n) is 2.68. The minimum absolute atomic E-state index is 0.0794. The molecule has 1 atom stereocenters. The Kier molecular flexibility index (Phi) is 7.20. The van der Waals surface area contributed by atoms with Gasteiger partial charge in [-0.25, -0.2) is 0 Å². The van der Waals surface area contributed by atoms with E-state index in [1.54, 1.807) is 0 Å². The maximum Gasteiger partial charge on any atom is 0.0610 e. The van der Waals surface area contributed by atoms with Gasteiger partial charge in [-0.05, 0) is 58.7 Å². The monoisotopic (exact) mass is 256 g/mol. The van der Waals surface area contributed by atoms with Gasteiger partial charge >= 0.3 is 0 Å². The summed E-state index contributed by atoms with van der Waals surface area (Å²) in [5.74, 6) is 0. The second kappa shape index (κ2) is 8.13. The Balaban J connectivity index is 2.15. The first kappa shape index (κ1) is 15.9. The molecular formula is C15H32N2O. The van der Waals surface area contributed by atoms with Crippen LogP contribution in [0.25, 0.3) is 0 Å². The average molecular weight is 256 g/mol. The molecule has 3 heteroatoms. The quantitative estimate of drug-likeness (QED) is 0.557. The Morgan fingerprint density at radius 2 is 1.94 bits per heavy atom. The Morgan fingerprint density at radius 3 is 2.44 bits per heavy atom. The van der Waals surface area contributed by atoms with Crippen LogP contribution in [0.2, 0.25) is 0 Å². The highest BCUT2D eigenvalue weighted by atomic mass is 16.3. The van der Waals surface area contributed by atoms with Gasteiger partial charge in [0.15, 0.2) is 0 Å². The summed E-state index contributed by atoms with van der Waals surface area (Å²) in [6.45, 7) is 10.2. The lowest BCUT2D eigenvalue weighted by Gasteiger charge is -2.29. The van der Waals surface area contributed by atoms with Crippen molar-refractivity contribution in [1.82, 2.24) is 10.2 Å². The number of hydrogen-bond donors (Lipinski definition) is 2. The van der Waals surface area contributed by atoms with Gasteiger partial charge in [-0.15, -0.1) is 0 Å². The van der Waals surface area contributed by atoms with Gasteiger partial charge in [0.1, 0.15) is 0 Å². The highest BCUT2D eigenvalue weighted by Crippen LogP contribution is 2.27. The number of nitrogens with one attached hydrogen (secondary N) is 1. The topological polar surface area (TPSA) is 35.5 Å². The van der Waals surface area contributed by atoms with Crippen LogP contribution >= 0.6 is 0 Å². The molecule has 0 radical (unpaired) electrons. The molecule has 1 aliphatic carbocycles. The largest absolute Gasteiger partial charge is 0.394 e. The van der Waals surface area contributed by atoms with Gasteiger partial charge in [0.05, 0.1) is 6.61 Å². The van der Waals surface area contributed by atoms with Crippen molar-refractivity contribution in [3.8, 4) is 0 Å². The number of aliphatic hydroxyl groups excluding tert-OH is 1. The lowest BCUT2D eigenvalue weighted by Crippen LogP contribution is -2.45. The molecule has 1 unspecified atom stereocenters. The van der Waals surface area contributed by atoms with Gasteiger partial charge in [-0.2, -0.15) is 0 Å². The summed E-state index contributed by atoms with van der Waals surface area (Å²) in [5, 5.41) is 12.8. The molecule has 0 aromatic carbocycles. The SMILES string of the molecule is CCCN(CCCCC(C)(CO)NCC)C1CC1. The molecule has 0 amide bonds. The average Bonchev–Trinajstić information content (AvgIpc) is 3.18. The Hall–Kier alpha value is -0.120. The molecule has 18 heavy (non-hydrogen) atoms. The molecule has 0 aromatic rings. The van der Waals surface area contributed by atoms with E-state index >= 15 is 0 Å². The number of unbranched alkanes of at least 4 members (excludes halogenated alkanes) is 1. The van der Waals surface area contributed by atoms with Gasteiger partial charge in [-0.1, -0.05) is 20.3 Å². The van der Waals surface area contributed by atoms with Crippen LogP contribution in [0.4, 0.5) is 0 Å². The van der Waals surface area contributed by atoms with E-state index in [1.807, 2.05) is 0 Å². The van der Waals surface area contributed by atoms with Crippen LogP contribution in [0.15, 0.2) is 0 Å². The lowest BCUT2D eigenvalue weighted by atomic mass is 9.95. The fraction of sp³-hybridized carbons (Fsp3) is 1.00. The third-order valence-electron chi connectivity index (χ3n) is 3.95. The first-order valence-corrected chi connectivity index (χ1v) is 7.75. The number of aliphatic hydroxyl groups is 1. The predicted octanol–water partition coefficient (Wildman–Crippen LogP) is 2.39. The maximum atomic E-state index is 9.43. The Bertz CT molecular complexity index is 219. The van der Waals surface area contributed by atoms with E-state index in [1.165, 1.54) is 45.2 Å². The van der Waals surface area contributed by atoms with Crippen LogP contribution in [-0.4, -0.2) is 47.8 Å². The summed E-state index contributed by atoms with van der Waals surface area (Å²) in [5.41, 5.74) is -0.0794. The molecule has 1 saturated carbocycles. The second-order valence-electron chi connectivity index (χ2n) is 5.97. The Morgan fingerprint density at radius 1 is 1.22 bits per heavy atom. The van der Waals surface area contributed by atoms with E-state index in [2.05, 4.69) is 31.0 Å². The normalized spacial score (nSPS) is 19.2. The van der Waals surface area contributed by atoms with Crippen LogP contribution in [0, 0.1) is 0 Å². The van der Waals surface area contributed by atoms with Crippen LogP contribution in [0.3, 0.4) is 0 Å². The zero-order valence-corrected chi connectivity index (χ0v) is 12.5. The third kappa shape index (κ3) is 5.68. The first-order chi connectivity index (χ1) is 8.65. The molecule has 0 aromatic heterocycles. The van der Waals surface area contributed by atoms with Gasteiger partial charge in [-0.3, -0.25) is 0 Å². The molecular weight excluding hydrogens is 224 g/mol. The van der Waals surface area contributed by atoms with Gasteiger partial charge in [0.2, 0.25) is 0 Å². The molecule has 0 aliphatic heterocycles. The zero-order chi connectivity index (χ0) is 13.4. The first-order valence-electron chi connectivity index (χ1n) is 7.75. The molecule has 0 heterocycles. The van der Waals surface area contributed by atoms with E-state index < -0.39 is 0 Å². The molecule has 0 spiro atoms. The van der Waals surface area contributed by atoms with Crippen molar-refractivity contribution in [2.24, 2.45) is 0 Å². The summed E-state index contributed by atoms with van der Waals surface area (Å²) < 4.78 is 0. The molecule has 108 valence electrons. The predicted molar refractivity (Wildman–Crippen MR) is 77.9 cm³/mol. The van der Waals surface area contributed by atoms with Crippen LogP contribution < -0.4 is 5.32 Å². The van der Waals surface area contributed by atoms with E-state index in [-0.39, 0.29) is 12.1 Å².